The topological polar surface area (TPSA) is 64.0 Å². The molecule has 1 aromatic heterocycles. The molecule has 20 heavy (non-hydrogen) atoms. The molecule has 1 N–H and O–H groups in total. The van der Waals surface area contributed by atoms with Crippen LogP contribution in [-0.2, 0) is 22.3 Å². The Balaban J connectivity index is 1.75. The Morgan fingerprint density at radius 1 is 1.20 bits per heavy atom. The fourth-order valence-electron chi connectivity index (χ4n) is 1.90. The minimum absolute atomic E-state index is 0.0225. The first-order valence-electron chi connectivity index (χ1n) is 6.56. The van der Waals surface area contributed by atoms with Crippen molar-refractivity contribution < 1.29 is 8.42 Å². The fourth-order valence-corrected chi connectivity index (χ4v) is 3.09. The van der Waals surface area contributed by atoms with Crippen LogP contribution < -0.4 is 4.72 Å². The number of nitrogens with zero attached hydrogens (tertiary/aromatic N) is 2. The maximum atomic E-state index is 11.9. The second-order valence-electron chi connectivity index (χ2n) is 4.71. The first kappa shape index (κ1) is 14.7. The maximum absolute atomic E-state index is 11.9. The largest absolute Gasteiger partial charge is 0.272 e. The standard InChI is InChI=1S/C14H19N3O2S/c1-13-8-11-17(16-13)10-5-9-15-20(18,19)12-14-6-3-2-4-7-14/h2-4,6-8,11,15H,5,9-10,12H2,1H3. The van der Waals surface area contributed by atoms with Gasteiger partial charge < -0.3 is 0 Å². The normalized spacial score (nSPS) is 11.7. The molecule has 0 fully saturated rings. The van der Waals surface area contributed by atoms with E-state index in [9.17, 15) is 8.42 Å². The lowest BCUT2D eigenvalue weighted by molar-refractivity contribution is 0.551. The van der Waals surface area contributed by atoms with E-state index in [4.69, 9.17) is 0 Å². The van der Waals surface area contributed by atoms with Gasteiger partial charge in [-0.15, -0.1) is 0 Å². The molecule has 0 spiro atoms. The van der Waals surface area contributed by atoms with Crippen LogP contribution in [0.1, 0.15) is 17.7 Å². The Hall–Kier alpha value is -1.66. The molecule has 0 saturated carbocycles. The van der Waals surface area contributed by atoms with Crippen LogP contribution in [0.4, 0.5) is 0 Å². The van der Waals surface area contributed by atoms with Crippen molar-refractivity contribution in [1.29, 1.82) is 0 Å². The van der Waals surface area contributed by atoms with E-state index in [1.165, 1.54) is 0 Å². The summed E-state index contributed by atoms with van der Waals surface area (Å²) >= 11 is 0. The third-order valence-electron chi connectivity index (χ3n) is 2.86. The van der Waals surface area contributed by atoms with E-state index in [1.807, 2.05) is 54.2 Å². The lowest BCUT2D eigenvalue weighted by Crippen LogP contribution is -2.26. The molecule has 108 valence electrons. The van der Waals surface area contributed by atoms with Crippen molar-refractivity contribution in [2.24, 2.45) is 0 Å². The van der Waals surface area contributed by atoms with Crippen LogP contribution in [0.15, 0.2) is 42.6 Å². The smallest absolute Gasteiger partial charge is 0.215 e. The molecule has 1 heterocycles. The summed E-state index contributed by atoms with van der Waals surface area (Å²) in [5, 5.41) is 4.25. The highest BCUT2D eigenvalue weighted by atomic mass is 32.2. The van der Waals surface area contributed by atoms with E-state index >= 15 is 0 Å². The molecule has 0 radical (unpaired) electrons. The lowest BCUT2D eigenvalue weighted by Gasteiger charge is -2.07. The first-order valence-corrected chi connectivity index (χ1v) is 8.22. The highest BCUT2D eigenvalue weighted by Gasteiger charge is 2.10. The number of nitrogens with one attached hydrogen (secondary N) is 1. The molecule has 0 amide bonds. The Morgan fingerprint density at radius 2 is 1.95 bits per heavy atom. The Bertz CT molecular complexity index is 635. The number of sulfonamides is 1. The van der Waals surface area contributed by atoms with Crippen molar-refractivity contribution in [1.82, 2.24) is 14.5 Å². The van der Waals surface area contributed by atoms with Gasteiger partial charge in [0.05, 0.1) is 11.4 Å². The Labute approximate surface area is 119 Å². The van der Waals surface area contributed by atoms with Crippen molar-refractivity contribution in [3.63, 3.8) is 0 Å². The summed E-state index contributed by atoms with van der Waals surface area (Å²) < 4.78 is 28.2. The molecule has 2 aromatic rings. The maximum Gasteiger partial charge on any atom is 0.215 e. The summed E-state index contributed by atoms with van der Waals surface area (Å²) in [6, 6.07) is 11.1. The summed E-state index contributed by atoms with van der Waals surface area (Å²) in [4.78, 5) is 0. The van der Waals surface area contributed by atoms with Crippen LogP contribution in [0.25, 0.3) is 0 Å². The molecular weight excluding hydrogens is 274 g/mol. The highest BCUT2D eigenvalue weighted by molar-refractivity contribution is 7.88. The zero-order chi connectivity index (χ0) is 14.4. The van der Waals surface area contributed by atoms with E-state index < -0.39 is 10.0 Å². The van der Waals surface area contributed by atoms with Crippen molar-refractivity contribution in [2.75, 3.05) is 6.54 Å². The van der Waals surface area contributed by atoms with Gasteiger partial charge in [0.25, 0.3) is 0 Å². The molecule has 0 aliphatic rings. The van der Waals surface area contributed by atoms with Crippen molar-refractivity contribution in [3.05, 3.63) is 53.9 Å². The molecule has 5 nitrogen and oxygen atoms in total. The molecule has 0 bridgehead atoms. The minimum atomic E-state index is -3.26. The minimum Gasteiger partial charge on any atom is -0.272 e. The van der Waals surface area contributed by atoms with Crippen LogP contribution >= 0.6 is 0 Å². The molecule has 2 rings (SSSR count). The van der Waals surface area contributed by atoms with E-state index in [1.54, 1.807) is 0 Å². The van der Waals surface area contributed by atoms with Crippen LogP contribution in [0.3, 0.4) is 0 Å². The van der Waals surface area contributed by atoms with Gasteiger partial charge in [0, 0.05) is 19.3 Å². The summed E-state index contributed by atoms with van der Waals surface area (Å²) in [6.07, 6.45) is 2.61. The number of aryl methyl sites for hydroxylation is 2. The third-order valence-corrected chi connectivity index (χ3v) is 4.22. The van der Waals surface area contributed by atoms with Crippen LogP contribution in [0.5, 0.6) is 0 Å². The zero-order valence-electron chi connectivity index (χ0n) is 11.5. The predicted octanol–water partition coefficient (Wildman–Crippen LogP) is 1.70. The van der Waals surface area contributed by atoms with Gasteiger partial charge in [0.15, 0.2) is 0 Å². The summed E-state index contributed by atoms with van der Waals surface area (Å²) in [6.45, 7) is 3.06. The van der Waals surface area contributed by atoms with Crippen LogP contribution in [0, 0.1) is 6.92 Å². The van der Waals surface area contributed by atoms with Gasteiger partial charge in [0.2, 0.25) is 10.0 Å². The number of rotatable bonds is 7. The Kier molecular flexibility index (Phi) is 4.92. The fraction of sp³-hybridized carbons (Fsp3) is 0.357. The molecule has 6 heteroatoms. The van der Waals surface area contributed by atoms with Crippen LogP contribution in [0.2, 0.25) is 0 Å². The molecule has 0 unspecified atom stereocenters. The molecule has 0 aliphatic carbocycles. The number of aromatic nitrogens is 2. The van der Waals surface area contributed by atoms with Crippen molar-refractivity contribution >= 4 is 10.0 Å². The van der Waals surface area contributed by atoms with E-state index in [0.29, 0.717) is 13.1 Å². The van der Waals surface area contributed by atoms with Crippen molar-refractivity contribution in [2.45, 2.75) is 25.6 Å². The Morgan fingerprint density at radius 3 is 2.60 bits per heavy atom. The molecule has 0 aliphatic heterocycles. The quantitative estimate of drug-likeness (QED) is 0.790. The van der Waals surface area contributed by atoms with E-state index in [2.05, 4.69) is 9.82 Å². The SMILES string of the molecule is Cc1ccn(CCCNS(=O)(=O)Cc2ccccc2)n1. The zero-order valence-corrected chi connectivity index (χ0v) is 12.3. The summed E-state index contributed by atoms with van der Waals surface area (Å²) in [7, 11) is -3.26. The molecular formula is C14H19N3O2S. The average molecular weight is 293 g/mol. The number of benzene rings is 1. The predicted molar refractivity (Wildman–Crippen MR) is 78.6 cm³/mol. The first-order chi connectivity index (χ1) is 9.55. The molecule has 0 atom stereocenters. The van der Waals surface area contributed by atoms with Gasteiger partial charge in [-0.3, -0.25) is 4.68 Å². The summed E-state index contributed by atoms with van der Waals surface area (Å²) in [5.41, 5.74) is 1.76. The van der Waals surface area contributed by atoms with Gasteiger partial charge in [0.1, 0.15) is 0 Å². The second kappa shape index (κ2) is 6.67. The van der Waals surface area contributed by atoms with E-state index in [-0.39, 0.29) is 5.75 Å². The molecule has 0 saturated heterocycles. The highest BCUT2D eigenvalue weighted by Crippen LogP contribution is 2.04. The van der Waals surface area contributed by atoms with E-state index in [0.717, 1.165) is 17.7 Å². The van der Waals surface area contributed by atoms with Gasteiger partial charge in [-0.25, -0.2) is 13.1 Å². The second-order valence-corrected chi connectivity index (χ2v) is 6.52. The summed E-state index contributed by atoms with van der Waals surface area (Å²) in [5.74, 6) is 0.0225. The number of hydrogen-bond donors (Lipinski definition) is 1. The molecule has 1 aromatic carbocycles. The lowest BCUT2D eigenvalue weighted by atomic mass is 10.2. The van der Waals surface area contributed by atoms with Gasteiger partial charge in [-0.2, -0.15) is 5.10 Å². The van der Waals surface area contributed by atoms with Crippen molar-refractivity contribution in [3.8, 4) is 0 Å². The third kappa shape index (κ3) is 4.79. The van der Waals surface area contributed by atoms with Crippen LogP contribution in [-0.4, -0.2) is 24.7 Å². The van der Waals surface area contributed by atoms with Gasteiger partial charge in [-0.05, 0) is 25.0 Å². The number of hydrogen-bond acceptors (Lipinski definition) is 3. The average Bonchev–Trinajstić information content (AvgIpc) is 2.81. The monoisotopic (exact) mass is 293 g/mol. The van der Waals surface area contributed by atoms with Gasteiger partial charge >= 0.3 is 0 Å². The van der Waals surface area contributed by atoms with Gasteiger partial charge in [-0.1, -0.05) is 30.3 Å².